The van der Waals surface area contributed by atoms with E-state index in [1.807, 2.05) is 0 Å². The van der Waals surface area contributed by atoms with Crippen molar-refractivity contribution < 1.29 is 4.52 Å². The van der Waals surface area contributed by atoms with E-state index in [0.717, 1.165) is 31.9 Å². The van der Waals surface area contributed by atoms with Crippen molar-refractivity contribution in [3.8, 4) is 0 Å². The third-order valence-corrected chi connectivity index (χ3v) is 4.42. The molecule has 110 valence electrons. The molecule has 0 spiro atoms. The van der Waals surface area contributed by atoms with Gasteiger partial charge in [-0.2, -0.15) is 4.98 Å². The molecule has 0 bridgehead atoms. The monoisotopic (exact) mass is 314 g/mol. The van der Waals surface area contributed by atoms with Gasteiger partial charge in [-0.25, -0.2) is 0 Å². The fourth-order valence-corrected chi connectivity index (χ4v) is 3.18. The molecule has 1 fully saturated rings. The number of halogens is 1. The first-order valence-corrected chi connectivity index (χ1v) is 7.33. The Morgan fingerprint density at radius 3 is 3.05 bits per heavy atom. The minimum absolute atomic E-state index is 0. The summed E-state index contributed by atoms with van der Waals surface area (Å²) in [6.07, 6.45) is 0.732. The van der Waals surface area contributed by atoms with Crippen LogP contribution in [0.2, 0.25) is 0 Å². The molecule has 0 aromatic carbocycles. The van der Waals surface area contributed by atoms with Crippen LogP contribution in [0.3, 0.4) is 0 Å². The highest BCUT2D eigenvalue weighted by Crippen LogP contribution is 2.21. The molecule has 20 heavy (non-hydrogen) atoms. The Morgan fingerprint density at radius 1 is 1.50 bits per heavy atom. The lowest BCUT2D eigenvalue weighted by molar-refractivity contribution is 0.190. The van der Waals surface area contributed by atoms with Gasteiger partial charge in [0, 0.05) is 29.4 Å². The molecule has 3 heterocycles. The second kappa shape index (κ2) is 6.67. The standard InChI is InChI=1S/C13H18N4OS.ClH/c1-9-3-4-10(19-9)7-12-15-13(16-18-12)11-8-14-5-6-17(11)2;/h3-4,11,14H,5-8H2,1-2H3;1H. The van der Waals surface area contributed by atoms with Crippen LogP contribution in [0.15, 0.2) is 16.7 Å². The van der Waals surface area contributed by atoms with Crippen molar-refractivity contribution in [3.05, 3.63) is 33.6 Å². The van der Waals surface area contributed by atoms with Crippen molar-refractivity contribution in [2.24, 2.45) is 0 Å². The van der Waals surface area contributed by atoms with Crippen molar-refractivity contribution in [3.63, 3.8) is 0 Å². The number of rotatable bonds is 3. The van der Waals surface area contributed by atoms with E-state index in [9.17, 15) is 0 Å². The van der Waals surface area contributed by atoms with Crippen LogP contribution in [0, 0.1) is 6.92 Å². The third kappa shape index (κ3) is 3.38. The van der Waals surface area contributed by atoms with Gasteiger partial charge in [-0.15, -0.1) is 23.7 Å². The van der Waals surface area contributed by atoms with E-state index in [-0.39, 0.29) is 18.4 Å². The van der Waals surface area contributed by atoms with Gasteiger partial charge in [0.1, 0.15) is 0 Å². The van der Waals surface area contributed by atoms with Gasteiger partial charge in [0.05, 0.1) is 12.5 Å². The van der Waals surface area contributed by atoms with Crippen LogP contribution in [-0.2, 0) is 6.42 Å². The van der Waals surface area contributed by atoms with Crippen LogP contribution in [0.25, 0.3) is 0 Å². The summed E-state index contributed by atoms with van der Waals surface area (Å²) in [7, 11) is 2.10. The first-order valence-electron chi connectivity index (χ1n) is 6.51. The summed E-state index contributed by atoms with van der Waals surface area (Å²) in [6.45, 7) is 5.02. The molecule has 1 aliphatic heterocycles. The smallest absolute Gasteiger partial charge is 0.231 e. The summed E-state index contributed by atoms with van der Waals surface area (Å²) in [5.74, 6) is 1.49. The average Bonchev–Trinajstić information content (AvgIpc) is 3.00. The summed E-state index contributed by atoms with van der Waals surface area (Å²) in [5.41, 5.74) is 0. The molecule has 0 saturated carbocycles. The summed E-state index contributed by atoms with van der Waals surface area (Å²) in [6, 6.07) is 4.46. The molecule has 1 aliphatic rings. The predicted molar refractivity (Wildman–Crippen MR) is 81.6 cm³/mol. The molecule has 0 radical (unpaired) electrons. The Balaban J connectivity index is 0.00000147. The number of nitrogens with zero attached hydrogens (tertiary/aromatic N) is 3. The fraction of sp³-hybridized carbons (Fsp3) is 0.538. The van der Waals surface area contributed by atoms with Crippen molar-refractivity contribution in [2.75, 3.05) is 26.7 Å². The molecule has 0 amide bonds. The van der Waals surface area contributed by atoms with Gasteiger partial charge in [-0.1, -0.05) is 5.16 Å². The summed E-state index contributed by atoms with van der Waals surface area (Å²) in [4.78, 5) is 9.38. The molecule has 2 aromatic heterocycles. The van der Waals surface area contributed by atoms with E-state index in [0.29, 0.717) is 5.89 Å². The van der Waals surface area contributed by atoms with Gasteiger partial charge in [0.2, 0.25) is 5.89 Å². The second-order valence-corrected chi connectivity index (χ2v) is 6.31. The average molecular weight is 315 g/mol. The topological polar surface area (TPSA) is 54.2 Å². The Kier molecular flexibility index (Phi) is 5.15. The van der Waals surface area contributed by atoms with E-state index in [2.05, 4.69) is 46.5 Å². The molecular formula is C13H19ClN4OS. The van der Waals surface area contributed by atoms with E-state index in [4.69, 9.17) is 4.52 Å². The number of nitrogens with one attached hydrogen (secondary N) is 1. The highest BCUT2D eigenvalue weighted by molar-refractivity contribution is 7.11. The summed E-state index contributed by atoms with van der Waals surface area (Å²) < 4.78 is 5.37. The normalized spacial score (nSPS) is 19.8. The summed E-state index contributed by atoms with van der Waals surface area (Å²) in [5, 5.41) is 7.49. The van der Waals surface area contributed by atoms with Crippen LogP contribution in [-0.4, -0.2) is 41.7 Å². The molecule has 2 aromatic rings. The molecule has 1 saturated heterocycles. The zero-order valence-corrected chi connectivity index (χ0v) is 13.3. The number of aromatic nitrogens is 2. The quantitative estimate of drug-likeness (QED) is 0.939. The predicted octanol–water partition coefficient (Wildman–Crippen LogP) is 2.03. The van der Waals surface area contributed by atoms with E-state index < -0.39 is 0 Å². The molecule has 5 nitrogen and oxygen atoms in total. The largest absolute Gasteiger partial charge is 0.339 e. The number of hydrogen-bond acceptors (Lipinski definition) is 6. The number of piperazine rings is 1. The molecular weight excluding hydrogens is 296 g/mol. The van der Waals surface area contributed by atoms with E-state index >= 15 is 0 Å². The number of hydrogen-bond donors (Lipinski definition) is 1. The lowest BCUT2D eigenvalue weighted by atomic mass is 10.2. The lowest BCUT2D eigenvalue weighted by Gasteiger charge is -2.30. The van der Waals surface area contributed by atoms with Gasteiger partial charge in [0.25, 0.3) is 0 Å². The van der Waals surface area contributed by atoms with E-state index in [1.54, 1.807) is 11.3 Å². The number of thiophene rings is 1. The minimum atomic E-state index is 0. The van der Waals surface area contributed by atoms with Gasteiger partial charge in [-0.05, 0) is 26.1 Å². The first kappa shape index (κ1) is 15.4. The van der Waals surface area contributed by atoms with E-state index in [1.165, 1.54) is 9.75 Å². The SMILES string of the molecule is Cc1ccc(Cc2nc(C3CNCCN3C)no2)s1.Cl. The Labute approximate surface area is 128 Å². The Hall–Kier alpha value is -0.950. The molecule has 0 aliphatic carbocycles. The van der Waals surface area contributed by atoms with Crippen LogP contribution in [0.5, 0.6) is 0 Å². The van der Waals surface area contributed by atoms with Gasteiger partial charge >= 0.3 is 0 Å². The van der Waals surface area contributed by atoms with Crippen LogP contribution >= 0.6 is 23.7 Å². The van der Waals surface area contributed by atoms with Crippen LogP contribution in [0.4, 0.5) is 0 Å². The lowest BCUT2D eigenvalue weighted by Crippen LogP contribution is -2.44. The molecule has 7 heteroatoms. The van der Waals surface area contributed by atoms with Gasteiger partial charge < -0.3 is 9.84 Å². The highest BCUT2D eigenvalue weighted by atomic mass is 35.5. The van der Waals surface area contributed by atoms with Gasteiger partial charge in [0.15, 0.2) is 5.82 Å². The molecule has 1 unspecified atom stereocenters. The minimum Gasteiger partial charge on any atom is -0.339 e. The fourth-order valence-electron chi connectivity index (χ4n) is 2.30. The van der Waals surface area contributed by atoms with Crippen molar-refractivity contribution >= 4 is 23.7 Å². The maximum Gasteiger partial charge on any atom is 0.231 e. The zero-order valence-electron chi connectivity index (χ0n) is 11.6. The second-order valence-electron chi connectivity index (χ2n) is 4.94. The Morgan fingerprint density at radius 2 is 2.35 bits per heavy atom. The molecule has 1 N–H and O–H groups in total. The Bertz CT molecular complexity index is 556. The summed E-state index contributed by atoms with van der Waals surface area (Å²) >= 11 is 1.78. The van der Waals surface area contributed by atoms with Crippen molar-refractivity contribution in [1.82, 2.24) is 20.4 Å². The maximum atomic E-state index is 5.37. The molecule has 3 rings (SSSR count). The highest BCUT2D eigenvalue weighted by Gasteiger charge is 2.25. The number of aryl methyl sites for hydroxylation is 1. The zero-order chi connectivity index (χ0) is 13.2. The van der Waals surface area contributed by atoms with Gasteiger partial charge in [-0.3, -0.25) is 4.90 Å². The molecule has 1 atom stereocenters. The maximum absolute atomic E-state index is 5.37. The van der Waals surface area contributed by atoms with Crippen molar-refractivity contribution in [1.29, 1.82) is 0 Å². The third-order valence-electron chi connectivity index (χ3n) is 3.41. The first-order chi connectivity index (χ1) is 9.22. The van der Waals surface area contributed by atoms with Crippen LogP contribution < -0.4 is 5.32 Å². The van der Waals surface area contributed by atoms with Crippen LogP contribution in [0.1, 0.15) is 27.5 Å². The van der Waals surface area contributed by atoms with Crippen molar-refractivity contribution in [2.45, 2.75) is 19.4 Å². The number of likely N-dealkylation sites (N-methyl/N-ethyl adjacent to an activating group) is 1.